The molecule has 2 aromatic carbocycles. The first kappa shape index (κ1) is 18.7. The number of ether oxygens (including phenoxy) is 1. The maximum atomic E-state index is 12.6. The van der Waals surface area contributed by atoms with Crippen LogP contribution in [0.15, 0.2) is 65.1 Å². The summed E-state index contributed by atoms with van der Waals surface area (Å²) in [5.41, 5.74) is 3.36. The summed E-state index contributed by atoms with van der Waals surface area (Å²) in [6, 6.07) is 18.9. The highest BCUT2D eigenvalue weighted by molar-refractivity contribution is 6.00. The van der Waals surface area contributed by atoms with Gasteiger partial charge in [-0.05, 0) is 31.5 Å². The minimum atomic E-state index is -0.566. The molecule has 6 nitrogen and oxygen atoms in total. The maximum absolute atomic E-state index is 12.6. The minimum Gasteiger partial charge on any atom is -0.453 e. The predicted molar refractivity (Wildman–Crippen MR) is 108 cm³/mol. The highest BCUT2D eigenvalue weighted by Gasteiger charge is 2.22. The third-order valence-electron chi connectivity index (χ3n) is 4.80. The van der Waals surface area contributed by atoms with Gasteiger partial charge < -0.3 is 9.15 Å². The van der Waals surface area contributed by atoms with E-state index < -0.39 is 5.97 Å². The molecule has 0 fully saturated rings. The van der Waals surface area contributed by atoms with Gasteiger partial charge in [-0.3, -0.25) is 9.48 Å². The molecular weight excluding hydrogens is 368 g/mol. The number of hydrogen-bond donors (Lipinski definition) is 0. The van der Waals surface area contributed by atoms with Crippen LogP contribution in [0.2, 0.25) is 0 Å². The van der Waals surface area contributed by atoms with Crippen LogP contribution in [0.1, 0.15) is 37.9 Å². The van der Waals surface area contributed by atoms with Crippen LogP contribution in [-0.4, -0.2) is 28.1 Å². The number of nitrogens with zero attached hydrogens (tertiary/aromatic N) is 2. The molecule has 0 amide bonds. The summed E-state index contributed by atoms with van der Waals surface area (Å²) in [7, 11) is 0. The van der Waals surface area contributed by atoms with Crippen molar-refractivity contribution in [3.8, 4) is 0 Å². The molecule has 0 unspecified atom stereocenters. The third-order valence-corrected chi connectivity index (χ3v) is 4.80. The van der Waals surface area contributed by atoms with E-state index in [0.717, 1.165) is 10.9 Å². The number of aryl methyl sites for hydroxylation is 1. The molecule has 0 bridgehead atoms. The lowest BCUT2D eigenvalue weighted by Crippen LogP contribution is -2.15. The van der Waals surface area contributed by atoms with Gasteiger partial charge in [0.15, 0.2) is 12.4 Å². The van der Waals surface area contributed by atoms with Crippen molar-refractivity contribution in [3.05, 3.63) is 88.9 Å². The molecule has 0 aliphatic rings. The zero-order valence-corrected chi connectivity index (χ0v) is 16.2. The highest BCUT2D eigenvalue weighted by atomic mass is 16.5. The summed E-state index contributed by atoms with van der Waals surface area (Å²) in [6.07, 6.45) is 0. The predicted octanol–water partition coefficient (Wildman–Crippen LogP) is 4.33. The normalized spacial score (nSPS) is 11.0. The van der Waals surface area contributed by atoms with E-state index in [1.165, 1.54) is 0 Å². The van der Waals surface area contributed by atoms with Crippen LogP contribution in [0, 0.1) is 13.8 Å². The van der Waals surface area contributed by atoms with Gasteiger partial charge >= 0.3 is 5.97 Å². The number of furan rings is 1. The minimum absolute atomic E-state index is 0.173. The van der Waals surface area contributed by atoms with Gasteiger partial charge in [-0.2, -0.15) is 5.10 Å². The summed E-state index contributed by atoms with van der Waals surface area (Å²) in [5.74, 6) is -0.780. The van der Waals surface area contributed by atoms with Gasteiger partial charge in [-0.15, -0.1) is 0 Å². The first-order valence-electron chi connectivity index (χ1n) is 9.30. The van der Waals surface area contributed by atoms with Crippen molar-refractivity contribution in [2.45, 2.75) is 20.4 Å². The molecule has 0 aliphatic heterocycles. The van der Waals surface area contributed by atoms with Crippen LogP contribution >= 0.6 is 0 Å². The van der Waals surface area contributed by atoms with Gasteiger partial charge in [0, 0.05) is 5.39 Å². The number of carbonyl (C=O) groups excluding carboxylic acids is 2. The lowest BCUT2D eigenvalue weighted by molar-refractivity contribution is 0.0466. The van der Waals surface area contributed by atoms with Crippen LogP contribution < -0.4 is 0 Å². The Hall–Kier alpha value is -3.67. The van der Waals surface area contributed by atoms with Crippen molar-refractivity contribution in [1.82, 2.24) is 9.78 Å². The van der Waals surface area contributed by atoms with Crippen molar-refractivity contribution in [3.63, 3.8) is 0 Å². The number of fused-ring (bicyclic) bond motifs is 1. The lowest BCUT2D eigenvalue weighted by Gasteiger charge is -2.06. The Labute approximate surface area is 167 Å². The van der Waals surface area contributed by atoms with Crippen LogP contribution in [0.3, 0.4) is 0 Å². The Morgan fingerprint density at radius 3 is 2.52 bits per heavy atom. The Bertz CT molecular complexity index is 1160. The van der Waals surface area contributed by atoms with E-state index in [9.17, 15) is 9.59 Å². The summed E-state index contributed by atoms with van der Waals surface area (Å²) >= 11 is 0. The molecule has 4 rings (SSSR count). The van der Waals surface area contributed by atoms with E-state index in [2.05, 4.69) is 5.10 Å². The molecule has 0 radical (unpaired) electrons. The van der Waals surface area contributed by atoms with Gasteiger partial charge in [0.1, 0.15) is 11.1 Å². The van der Waals surface area contributed by atoms with Crippen LogP contribution in [0.4, 0.5) is 0 Å². The molecule has 2 aromatic heterocycles. The number of rotatable bonds is 6. The maximum Gasteiger partial charge on any atom is 0.342 e. The molecule has 6 heteroatoms. The molecule has 4 aromatic rings. The number of benzene rings is 2. The molecule has 29 heavy (non-hydrogen) atoms. The molecule has 0 aliphatic carbocycles. The number of carbonyl (C=O) groups is 2. The number of Topliss-reactive ketones (excluding diaryl/α,β-unsaturated/α-hetero) is 1. The van der Waals surface area contributed by atoms with Gasteiger partial charge in [0.25, 0.3) is 0 Å². The fourth-order valence-electron chi connectivity index (χ4n) is 3.30. The first-order chi connectivity index (χ1) is 14.0. The Balaban J connectivity index is 1.46. The number of para-hydroxylation sites is 1. The number of esters is 1. The Morgan fingerprint density at radius 2 is 1.76 bits per heavy atom. The van der Waals surface area contributed by atoms with E-state index in [0.29, 0.717) is 29.1 Å². The Morgan fingerprint density at radius 1 is 1.03 bits per heavy atom. The van der Waals surface area contributed by atoms with Crippen molar-refractivity contribution in [1.29, 1.82) is 0 Å². The van der Waals surface area contributed by atoms with Crippen molar-refractivity contribution in [2.24, 2.45) is 0 Å². The van der Waals surface area contributed by atoms with Gasteiger partial charge in [-0.1, -0.05) is 48.5 Å². The fourth-order valence-corrected chi connectivity index (χ4v) is 3.30. The third kappa shape index (κ3) is 3.82. The summed E-state index contributed by atoms with van der Waals surface area (Å²) < 4.78 is 12.6. The zero-order valence-electron chi connectivity index (χ0n) is 16.2. The van der Waals surface area contributed by atoms with Crippen LogP contribution in [0.25, 0.3) is 11.0 Å². The number of aromatic nitrogens is 2. The standard InChI is InChI=1S/C23H20N2O4/c1-15-22(16(2)25(24-15)13-17-8-4-3-5-9-17)23(27)28-14-19(26)21-12-18-10-6-7-11-20(18)29-21/h3-12H,13-14H2,1-2H3. The molecule has 0 atom stereocenters. The van der Waals surface area contributed by atoms with E-state index >= 15 is 0 Å². The lowest BCUT2D eigenvalue weighted by atomic mass is 10.2. The molecule has 146 valence electrons. The average Bonchev–Trinajstić information content (AvgIpc) is 3.27. The number of ketones is 1. The van der Waals surface area contributed by atoms with Crippen molar-refractivity contribution >= 4 is 22.7 Å². The molecule has 0 spiro atoms. The molecule has 2 heterocycles. The van der Waals surface area contributed by atoms with Gasteiger partial charge in [-0.25, -0.2) is 4.79 Å². The summed E-state index contributed by atoms with van der Waals surface area (Å²) in [6.45, 7) is 3.74. The second-order valence-corrected chi connectivity index (χ2v) is 6.84. The van der Waals surface area contributed by atoms with Crippen molar-refractivity contribution in [2.75, 3.05) is 6.61 Å². The van der Waals surface area contributed by atoms with Crippen LogP contribution in [-0.2, 0) is 11.3 Å². The van der Waals surface area contributed by atoms with E-state index in [1.54, 1.807) is 23.7 Å². The first-order valence-corrected chi connectivity index (χ1v) is 9.30. The molecule has 0 saturated heterocycles. The topological polar surface area (TPSA) is 74.3 Å². The fraction of sp³-hybridized carbons (Fsp3) is 0.174. The monoisotopic (exact) mass is 388 g/mol. The quantitative estimate of drug-likeness (QED) is 0.363. The Kier molecular flexibility index (Phi) is 4.99. The average molecular weight is 388 g/mol. The molecule has 0 saturated carbocycles. The second-order valence-electron chi connectivity index (χ2n) is 6.84. The van der Waals surface area contributed by atoms with Gasteiger partial charge in [0.2, 0.25) is 5.78 Å². The zero-order chi connectivity index (χ0) is 20.4. The highest BCUT2D eigenvalue weighted by Crippen LogP contribution is 2.20. The second kappa shape index (κ2) is 7.75. The van der Waals surface area contributed by atoms with Crippen LogP contribution in [0.5, 0.6) is 0 Å². The van der Waals surface area contributed by atoms with Crippen molar-refractivity contribution < 1.29 is 18.7 Å². The van der Waals surface area contributed by atoms with E-state index in [4.69, 9.17) is 9.15 Å². The number of hydrogen-bond acceptors (Lipinski definition) is 5. The van der Waals surface area contributed by atoms with Gasteiger partial charge in [0.05, 0.1) is 17.9 Å². The molecular formula is C23H20N2O4. The SMILES string of the molecule is Cc1nn(Cc2ccccc2)c(C)c1C(=O)OCC(=O)c1cc2ccccc2o1. The van der Waals surface area contributed by atoms with E-state index in [1.807, 2.05) is 55.5 Å². The largest absolute Gasteiger partial charge is 0.453 e. The van der Waals surface area contributed by atoms with E-state index in [-0.39, 0.29) is 18.2 Å². The molecule has 0 N–H and O–H groups in total. The summed E-state index contributed by atoms with van der Waals surface area (Å²) in [5, 5.41) is 5.28. The smallest absolute Gasteiger partial charge is 0.342 e. The summed E-state index contributed by atoms with van der Waals surface area (Å²) in [4.78, 5) is 25.0.